The molecule has 0 radical (unpaired) electrons. The number of carbonyl (C=O) groups excluding carboxylic acids is 1. The lowest BCUT2D eigenvalue weighted by Crippen LogP contribution is -2.46. The number of hydrogen-bond acceptors (Lipinski definition) is 3. The molecule has 0 aromatic heterocycles. The van der Waals surface area contributed by atoms with Gasteiger partial charge in [0, 0.05) is 43.5 Å². The Labute approximate surface area is 181 Å². The molecule has 160 valence electrons. The average molecular weight is 406 g/mol. The van der Waals surface area contributed by atoms with Crippen LogP contribution in [-0.4, -0.2) is 48.9 Å². The van der Waals surface area contributed by atoms with E-state index in [1.807, 2.05) is 12.1 Å². The number of aryl methyl sites for hydroxylation is 1. The van der Waals surface area contributed by atoms with Gasteiger partial charge in [0.1, 0.15) is 0 Å². The van der Waals surface area contributed by atoms with Gasteiger partial charge in [-0.2, -0.15) is 0 Å². The molecule has 1 saturated heterocycles. The molecule has 1 amide bonds. The molecule has 1 atom stereocenters. The molecular formula is C26H35N3O. The van der Waals surface area contributed by atoms with E-state index in [9.17, 15) is 4.79 Å². The molecule has 1 N–H and O–H groups in total. The number of likely N-dealkylation sites (N-methyl/N-ethyl adjacent to an activating group) is 1. The highest BCUT2D eigenvalue weighted by Gasteiger charge is 2.28. The number of anilines is 1. The van der Waals surface area contributed by atoms with Gasteiger partial charge in [-0.1, -0.05) is 39.0 Å². The maximum absolute atomic E-state index is 12.8. The van der Waals surface area contributed by atoms with E-state index in [4.69, 9.17) is 0 Å². The van der Waals surface area contributed by atoms with Crippen molar-refractivity contribution in [3.8, 4) is 0 Å². The van der Waals surface area contributed by atoms with E-state index in [1.54, 1.807) is 0 Å². The molecule has 1 fully saturated rings. The van der Waals surface area contributed by atoms with Gasteiger partial charge in [-0.25, -0.2) is 0 Å². The summed E-state index contributed by atoms with van der Waals surface area (Å²) in [6.07, 6.45) is 3.60. The van der Waals surface area contributed by atoms with Crippen LogP contribution in [-0.2, 0) is 11.8 Å². The van der Waals surface area contributed by atoms with E-state index in [0.717, 1.165) is 38.3 Å². The van der Waals surface area contributed by atoms with E-state index in [0.29, 0.717) is 11.6 Å². The smallest absolute Gasteiger partial charge is 0.255 e. The first-order valence-electron chi connectivity index (χ1n) is 11.3. The van der Waals surface area contributed by atoms with Crippen molar-refractivity contribution >= 4 is 11.6 Å². The van der Waals surface area contributed by atoms with Crippen molar-refractivity contribution in [2.45, 2.75) is 51.5 Å². The van der Waals surface area contributed by atoms with Crippen molar-refractivity contribution in [1.29, 1.82) is 0 Å². The third-order valence-electron chi connectivity index (χ3n) is 6.68. The van der Waals surface area contributed by atoms with Gasteiger partial charge < -0.3 is 10.2 Å². The standard InChI is InChI=1S/C26H35N3O/c1-26(2,3)21-11-8-20(9-12-21)25(30)27-22-13-10-19-6-5-7-24(23(19)18-22)29-16-14-28(4)15-17-29/h8-13,18,24H,5-7,14-17H2,1-4H3,(H,27,30). The molecule has 2 aliphatic rings. The summed E-state index contributed by atoms with van der Waals surface area (Å²) >= 11 is 0. The number of hydrogen-bond donors (Lipinski definition) is 1. The molecule has 1 aliphatic heterocycles. The summed E-state index contributed by atoms with van der Waals surface area (Å²) in [7, 11) is 2.20. The molecule has 0 saturated carbocycles. The second-order valence-electron chi connectivity index (χ2n) is 9.94. The Morgan fingerprint density at radius 1 is 1.00 bits per heavy atom. The van der Waals surface area contributed by atoms with Gasteiger partial charge in [-0.3, -0.25) is 9.69 Å². The zero-order chi connectivity index (χ0) is 21.3. The summed E-state index contributed by atoms with van der Waals surface area (Å²) in [5, 5.41) is 3.13. The van der Waals surface area contributed by atoms with Crippen LogP contribution in [0.4, 0.5) is 5.69 Å². The first-order chi connectivity index (χ1) is 14.3. The summed E-state index contributed by atoms with van der Waals surface area (Å²) in [5.41, 5.74) is 5.79. The van der Waals surface area contributed by atoms with Crippen molar-refractivity contribution in [3.63, 3.8) is 0 Å². The van der Waals surface area contributed by atoms with Crippen LogP contribution in [0.1, 0.15) is 66.7 Å². The predicted octanol–water partition coefficient (Wildman–Crippen LogP) is 4.86. The van der Waals surface area contributed by atoms with Gasteiger partial charge in [-0.05, 0) is 72.7 Å². The number of rotatable bonds is 3. The van der Waals surface area contributed by atoms with Crippen molar-refractivity contribution in [2.75, 3.05) is 38.5 Å². The van der Waals surface area contributed by atoms with Crippen molar-refractivity contribution < 1.29 is 4.79 Å². The van der Waals surface area contributed by atoms with Crippen LogP contribution >= 0.6 is 0 Å². The Hall–Kier alpha value is -2.17. The van der Waals surface area contributed by atoms with E-state index >= 15 is 0 Å². The Kier molecular flexibility index (Phi) is 5.99. The van der Waals surface area contributed by atoms with Crippen LogP contribution in [0.2, 0.25) is 0 Å². The fraction of sp³-hybridized carbons (Fsp3) is 0.500. The highest BCUT2D eigenvalue weighted by Crippen LogP contribution is 2.36. The highest BCUT2D eigenvalue weighted by atomic mass is 16.1. The van der Waals surface area contributed by atoms with Crippen molar-refractivity contribution in [1.82, 2.24) is 9.80 Å². The van der Waals surface area contributed by atoms with Crippen LogP contribution < -0.4 is 5.32 Å². The largest absolute Gasteiger partial charge is 0.322 e. The fourth-order valence-corrected chi connectivity index (χ4v) is 4.69. The van der Waals surface area contributed by atoms with Crippen molar-refractivity contribution in [3.05, 3.63) is 64.7 Å². The molecule has 4 rings (SSSR count). The molecule has 2 aromatic carbocycles. The van der Waals surface area contributed by atoms with E-state index in [2.05, 4.69) is 73.3 Å². The minimum Gasteiger partial charge on any atom is -0.322 e. The third-order valence-corrected chi connectivity index (χ3v) is 6.68. The topological polar surface area (TPSA) is 35.6 Å². The summed E-state index contributed by atoms with van der Waals surface area (Å²) in [6, 6.07) is 15.0. The number of nitrogens with one attached hydrogen (secondary N) is 1. The van der Waals surface area contributed by atoms with Crippen LogP contribution in [0.15, 0.2) is 42.5 Å². The lowest BCUT2D eigenvalue weighted by atomic mass is 9.86. The number of benzene rings is 2. The molecular weight excluding hydrogens is 370 g/mol. The molecule has 1 aliphatic carbocycles. The molecule has 1 unspecified atom stereocenters. The van der Waals surface area contributed by atoms with Crippen molar-refractivity contribution in [2.24, 2.45) is 0 Å². The van der Waals surface area contributed by atoms with Gasteiger partial charge >= 0.3 is 0 Å². The number of carbonyl (C=O) groups is 1. The zero-order valence-electron chi connectivity index (χ0n) is 18.9. The first-order valence-corrected chi connectivity index (χ1v) is 11.3. The van der Waals surface area contributed by atoms with Gasteiger partial charge in [0.15, 0.2) is 0 Å². The molecule has 30 heavy (non-hydrogen) atoms. The second-order valence-corrected chi connectivity index (χ2v) is 9.94. The summed E-state index contributed by atoms with van der Waals surface area (Å²) in [5.74, 6) is -0.0395. The number of amides is 1. The molecule has 4 heteroatoms. The number of piperazine rings is 1. The van der Waals surface area contributed by atoms with Gasteiger partial charge in [0.2, 0.25) is 0 Å². The van der Waals surface area contributed by atoms with Crippen LogP contribution in [0.3, 0.4) is 0 Å². The first kappa shape index (κ1) is 21.1. The summed E-state index contributed by atoms with van der Waals surface area (Å²) in [6.45, 7) is 11.1. The van der Waals surface area contributed by atoms with Gasteiger partial charge in [-0.15, -0.1) is 0 Å². The van der Waals surface area contributed by atoms with E-state index in [1.165, 1.54) is 29.5 Å². The molecule has 4 nitrogen and oxygen atoms in total. The third kappa shape index (κ3) is 4.60. The fourth-order valence-electron chi connectivity index (χ4n) is 4.69. The van der Waals surface area contributed by atoms with Gasteiger partial charge in [0.05, 0.1) is 0 Å². The van der Waals surface area contributed by atoms with E-state index in [-0.39, 0.29) is 11.3 Å². The second kappa shape index (κ2) is 8.52. The lowest BCUT2D eigenvalue weighted by molar-refractivity contribution is 0.102. The summed E-state index contributed by atoms with van der Waals surface area (Å²) < 4.78 is 0. The minimum atomic E-state index is -0.0395. The highest BCUT2D eigenvalue weighted by molar-refractivity contribution is 6.04. The van der Waals surface area contributed by atoms with Crippen LogP contribution in [0.5, 0.6) is 0 Å². The number of nitrogens with zero attached hydrogens (tertiary/aromatic N) is 2. The Morgan fingerprint density at radius 2 is 1.70 bits per heavy atom. The number of fused-ring (bicyclic) bond motifs is 1. The molecule has 2 aromatic rings. The van der Waals surface area contributed by atoms with Crippen LogP contribution in [0, 0.1) is 0 Å². The average Bonchev–Trinajstić information content (AvgIpc) is 2.73. The van der Waals surface area contributed by atoms with Gasteiger partial charge in [0.25, 0.3) is 5.91 Å². The monoisotopic (exact) mass is 405 g/mol. The Morgan fingerprint density at radius 3 is 2.37 bits per heavy atom. The quantitative estimate of drug-likeness (QED) is 0.792. The molecule has 1 heterocycles. The SMILES string of the molecule is CN1CCN(C2CCCc3ccc(NC(=O)c4ccc(C(C)(C)C)cc4)cc32)CC1. The lowest BCUT2D eigenvalue weighted by Gasteiger charge is -2.40. The predicted molar refractivity (Wildman–Crippen MR) is 124 cm³/mol. The molecule has 0 bridgehead atoms. The maximum atomic E-state index is 12.8. The van der Waals surface area contributed by atoms with E-state index < -0.39 is 0 Å². The Balaban J connectivity index is 1.50. The molecule has 0 spiro atoms. The zero-order valence-corrected chi connectivity index (χ0v) is 18.9. The summed E-state index contributed by atoms with van der Waals surface area (Å²) in [4.78, 5) is 17.9. The van der Waals surface area contributed by atoms with Crippen LogP contribution in [0.25, 0.3) is 0 Å². The Bertz CT molecular complexity index is 889. The maximum Gasteiger partial charge on any atom is 0.255 e. The minimum absolute atomic E-state index is 0.0395. The normalized spacial score (nSPS) is 20.6.